The molecule has 0 aliphatic carbocycles. The van der Waals surface area contributed by atoms with Crippen molar-refractivity contribution in [1.29, 1.82) is 0 Å². The maximum Gasteiger partial charge on any atom is 0.254 e. The van der Waals surface area contributed by atoms with Gasteiger partial charge in [0.1, 0.15) is 5.82 Å². The molecule has 20 heavy (non-hydrogen) atoms. The summed E-state index contributed by atoms with van der Waals surface area (Å²) in [5, 5.41) is 11.9. The molecule has 0 saturated carbocycles. The van der Waals surface area contributed by atoms with E-state index in [0.29, 0.717) is 18.0 Å². The Kier molecular flexibility index (Phi) is 5.95. The number of hydrogen-bond donors (Lipinski definition) is 2. The van der Waals surface area contributed by atoms with Crippen LogP contribution in [0.3, 0.4) is 0 Å². The molecule has 2 N–H and O–H groups in total. The van der Waals surface area contributed by atoms with Crippen LogP contribution in [-0.2, 0) is 0 Å². The standard InChI is InChI=1S/C15H23FN2O2/c1-10(2)7-11(9-19)17-15(20)13-6-5-12(18(3)4)8-14(13)16/h5-6,8,10-11,19H,7,9H2,1-4H3,(H,17,20)/t11-/m1/s1. The van der Waals surface area contributed by atoms with Gasteiger partial charge in [-0.15, -0.1) is 0 Å². The Morgan fingerprint density at radius 3 is 2.50 bits per heavy atom. The predicted molar refractivity (Wildman–Crippen MR) is 78.5 cm³/mol. The van der Waals surface area contributed by atoms with E-state index >= 15 is 0 Å². The molecule has 5 heteroatoms. The third kappa shape index (κ3) is 4.49. The molecule has 0 saturated heterocycles. The van der Waals surface area contributed by atoms with Crippen molar-refractivity contribution in [2.45, 2.75) is 26.3 Å². The average Bonchev–Trinajstić information content (AvgIpc) is 2.36. The van der Waals surface area contributed by atoms with Crippen LogP contribution in [0.25, 0.3) is 0 Å². The first-order valence-electron chi connectivity index (χ1n) is 6.73. The lowest BCUT2D eigenvalue weighted by molar-refractivity contribution is 0.0904. The molecule has 0 fully saturated rings. The molecule has 1 rings (SSSR count). The summed E-state index contributed by atoms with van der Waals surface area (Å²) in [6, 6.07) is 4.12. The molecule has 1 atom stereocenters. The van der Waals surface area contributed by atoms with Gasteiger partial charge >= 0.3 is 0 Å². The first-order chi connectivity index (χ1) is 9.35. The Morgan fingerprint density at radius 1 is 1.40 bits per heavy atom. The van der Waals surface area contributed by atoms with Crippen molar-refractivity contribution in [2.24, 2.45) is 5.92 Å². The van der Waals surface area contributed by atoms with Gasteiger partial charge < -0.3 is 15.3 Å². The second-order valence-electron chi connectivity index (χ2n) is 5.54. The lowest BCUT2D eigenvalue weighted by Gasteiger charge is -2.19. The number of anilines is 1. The first-order valence-corrected chi connectivity index (χ1v) is 6.73. The summed E-state index contributed by atoms with van der Waals surface area (Å²) in [4.78, 5) is 13.8. The van der Waals surface area contributed by atoms with E-state index in [0.717, 1.165) is 0 Å². The highest BCUT2D eigenvalue weighted by atomic mass is 19.1. The van der Waals surface area contributed by atoms with Gasteiger partial charge in [0.2, 0.25) is 0 Å². The van der Waals surface area contributed by atoms with Crippen LogP contribution in [0, 0.1) is 11.7 Å². The number of nitrogens with one attached hydrogen (secondary N) is 1. The zero-order valence-electron chi connectivity index (χ0n) is 12.5. The van der Waals surface area contributed by atoms with Crippen LogP contribution in [0.1, 0.15) is 30.6 Å². The second-order valence-corrected chi connectivity index (χ2v) is 5.54. The number of halogens is 1. The highest BCUT2D eigenvalue weighted by molar-refractivity contribution is 5.95. The van der Waals surface area contributed by atoms with Gasteiger partial charge in [-0.3, -0.25) is 4.79 Å². The fourth-order valence-corrected chi connectivity index (χ4v) is 1.98. The van der Waals surface area contributed by atoms with Crippen LogP contribution >= 0.6 is 0 Å². The number of nitrogens with zero attached hydrogens (tertiary/aromatic N) is 1. The number of aliphatic hydroxyl groups is 1. The third-order valence-electron chi connectivity index (χ3n) is 3.03. The molecular weight excluding hydrogens is 259 g/mol. The van der Waals surface area contributed by atoms with E-state index in [2.05, 4.69) is 5.32 Å². The van der Waals surface area contributed by atoms with Gasteiger partial charge in [0.05, 0.1) is 18.2 Å². The van der Waals surface area contributed by atoms with Gasteiger partial charge in [-0.25, -0.2) is 4.39 Å². The van der Waals surface area contributed by atoms with E-state index < -0.39 is 11.7 Å². The normalized spacial score (nSPS) is 12.3. The number of carbonyl (C=O) groups excluding carboxylic acids is 1. The monoisotopic (exact) mass is 282 g/mol. The minimum absolute atomic E-state index is 0.00203. The van der Waals surface area contributed by atoms with Crippen molar-refractivity contribution >= 4 is 11.6 Å². The van der Waals surface area contributed by atoms with Gasteiger partial charge in [0, 0.05) is 19.8 Å². The highest BCUT2D eigenvalue weighted by Gasteiger charge is 2.17. The molecule has 112 valence electrons. The fourth-order valence-electron chi connectivity index (χ4n) is 1.98. The van der Waals surface area contributed by atoms with Crippen molar-refractivity contribution < 1.29 is 14.3 Å². The molecule has 4 nitrogen and oxygen atoms in total. The van der Waals surface area contributed by atoms with E-state index in [1.54, 1.807) is 25.1 Å². The largest absolute Gasteiger partial charge is 0.394 e. The van der Waals surface area contributed by atoms with Gasteiger partial charge in [-0.05, 0) is 30.5 Å². The van der Waals surface area contributed by atoms with E-state index in [-0.39, 0.29) is 18.2 Å². The van der Waals surface area contributed by atoms with Gasteiger partial charge in [-0.2, -0.15) is 0 Å². The number of rotatable bonds is 6. The molecule has 0 unspecified atom stereocenters. The van der Waals surface area contributed by atoms with Crippen LogP contribution in [0.2, 0.25) is 0 Å². The maximum absolute atomic E-state index is 13.9. The highest BCUT2D eigenvalue weighted by Crippen LogP contribution is 2.17. The lowest BCUT2D eigenvalue weighted by Crippen LogP contribution is -2.38. The van der Waals surface area contributed by atoms with Crippen LogP contribution < -0.4 is 10.2 Å². The molecule has 1 aromatic carbocycles. The van der Waals surface area contributed by atoms with E-state index in [4.69, 9.17) is 0 Å². The van der Waals surface area contributed by atoms with Gasteiger partial charge in [0.25, 0.3) is 5.91 Å². The summed E-state index contributed by atoms with van der Waals surface area (Å²) in [7, 11) is 3.61. The summed E-state index contributed by atoms with van der Waals surface area (Å²) < 4.78 is 13.9. The Balaban J connectivity index is 2.81. The van der Waals surface area contributed by atoms with Crippen molar-refractivity contribution in [3.63, 3.8) is 0 Å². The Bertz CT molecular complexity index is 461. The van der Waals surface area contributed by atoms with E-state index in [9.17, 15) is 14.3 Å². The molecule has 1 aromatic rings. The van der Waals surface area contributed by atoms with Gasteiger partial charge in [-0.1, -0.05) is 13.8 Å². The van der Waals surface area contributed by atoms with Crippen molar-refractivity contribution in [3.05, 3.63) is 29.6 Å². The number of amides is 1. The number of aliphatic hydroxyl groups excluding tert-OH is 1. The average molecular weight is 282 g/mol. The summed E-state index contributed by atoms with van der Waals surface area (Å²) in [5.41, 5.74) is 0.692. The number of benzene rings is 1. The molecule has 0 heterocycles. The molecule has 0 aromatic heterocycles. The Labute approximate surface area is 119 Å². The van der Waals surface area contributed by atoms with Gasteiger partial charge in [0.15, 0.2) is 0 Å². The topological polar surface area (TPSA) is 52.6 Å². The molecule has 1 amide bonds. The second kappa shape index (κ2) is 7.24. The molecule has 0 aliphatic rings. The Hall–Kier alpha value is -1.62. The smallest absolute Gasteiger partial charge is 0.254 e. The maximum atomic E-state index is 13.9. The van der Waals surface area contributed by atoms with Crippen LogP contribution in [-0.4, -0.2) is 37.8 Å². The Morgan fingerprint density at radius 2 is 2.05 bits per heavy atom. The molecular formula is C15H23FN2O2. The van der Waals surface area contributed by atoms with Crippen molar-refractivity contribution in [3.8, 4) is 0 Å². The first kappa shape index (κ1) is 16.4. The van der Waals surface area contributed by atoms with Crippen LogP contribution in [0.4, 0.5) is 10.1 Å². The van der Waals surface area contributed by atoms with Crippen molar-refractivity contribution in [1.82, 2.24) is 5.32 Å². The summed E-state index contributed by atoms with van der Waals surface area (Å²) in [6.45, 7) is 3.85. The lowest BCUT2D eigenvalue weighted by atomic mass is 10.0. The SMILES string of the molecule is CC(C)C[C@H](CO)NC(=O)c1ccc(N(C)C)cc1F. The van der Waals surface area contributed by atoms with E-state index in [1.165, 1.54) is 12.1 Å². The minimum atomic E-state index is -0.560. The van der Waals surface area contributed by atoms with Crippen LogP contribution in [0.5, 0.6) is 0 Å². The summed E-state index contributed by atoms with van der Waals surface area (Å²) >= 11 is 0. The van der Waals surface area contributed by atoms with E-state index in [1.807, 2.05) is 13.8 Å². The zero-order chi connectivity index (χ0) is 15.3. The number of hydrogen-bond acceptors (Lipinski definition) is 3. The van der Waals surface area contributed by atoms with Crippen molar-refractivity contribution in [2.75, 3.05) is 25.6 Å². The molecule has 0 aliphatic heterocycles. The minimum Gasteiger partial charge on any atom is -0.394 e. The summed E-state index contributed by atoms with van der Waals surface area (Å²) in [6.07, 6.45) is 0.652. The molecule has 0 bridgehead atoms. The molecule has 0 spiro atoms. The quantitative estimate of drug-likeness (QED) is 0.839. The molecule has 0 radical (unpaired) electrons. The third-order valence-corrected chi connectivity index (χ3v) is 3.03. The predicted octanol–water partition coefficient (Wildman–Crippen LogP) is 2.03. The fraction of sp³-hybridized carbons (Fsp3) is 0.533. The summed E-state index contributed by atoms with van der Waals surface area (Å²) in [5.74, 6) is -0.712. The van der Waals surface area contributed by atoms with Crippen LogP contribution in [0.15, 0.2) is 18.2 Å². The zero-order valence-corrected chi connectivity index (χ0v) is 12.5. The number of carbonyl (C=O) groups is 1.